The molecule has 0 radical (unpaired) electrons. The van der Waals surface area contributed by atoms with Crippen molar-refractivity contribution in [3.05, 3.63) is 23.0 Å². The fourth-order valence-corrected chi connectivity index (χ4v) is 2.33. The number of hydrazine groups is 1. The van der Waals surface area contributed by atoms with Crippen molar-refractivity contribution < 1.29 is 31.1 Å². The lowest BCUT2D eigenvalue weighted by molar-refractivity contribution is -0.140. The van der Waals surface area contributed by atoms with Crippen molar-refractivity contribution in [1.29, 1.82) is 0 Å². The summed E-state index contributed by atoms with van der Waals surface area (Å²) in [6.07, 6.45) is -5.71. The quantitative estimate of drug-likeness (QED) is 0.638. The number of pyridine rings is 1. The second-order valence-corrected chi connectivity index (χ2v) is 5.49. The SMILES string of the molecule is CCOC(=O)NNS(=O)(=O)c1cnc(Cl)cc1C(F)(F)F. The van der Waals surface area contributed by atoms with E-state index in [1.807, 2.05) is 0 Å². The number of hydrogen-bond acceptors (Lipinski definition) is 5. The third kappa shape index (κ3) is 4.72. The van der Waals surface area contributed by atoms with Gasteiger partial charge in [0.1, 0.15) is 10.0 Å². The number of carbonyl (C=O) groups excluding carboxylic acids is 1. The highest BCUT2D eigenvalue weighted by Gasteiger charge is 2.38. The van der Waals surface area contributed by atoms with Crippen LogP contribution in [-0.4, -0.2) is 26.1 Å². The first kappa shape index (κ1) is 17.5. The number of carbonyl (C=O) groups is 1. The molecule has 118 valence electrons. The summed E-state index contributed by atoms with van der Waals surface area (Å²) in [5.41, 5.74) is 0.0751. The average Bonchev–Trinajstić information content (AvgIpc) is 2.35. The zero-order chi connectivity index (χ0) is 16.3. The van der Waals surface area contributed by atoms with E-state index in [0.717, 1.165) is 0 Å². The lowest BCUT2D eigenvalue weighted by Crippen LogP contribution is -2.42. The van der Waals surface area contributed by atoms with Crippen LogP contribution in [-0.2, 0) is 20.9 Å². The van der Waals surface area contributed by atoms with Crippen molar-refractivity contribution in [1.82, 2.24) is 15.2 Å². The van der Waals surface area contributed by atoms with Crippen molar-refractivity contribution in [2.24, 2.45) is 0 Å². The summed E-state index contributed by atoms with van der Waals surface area (Å²) in [5, 5.41) is -0.528. The largest absolute Gasteiger partial charge is 0.449 e. The van der Waals surface area contributed by atoms with Gasteiger partial charge in [-0.05, 0) is 13.0 Å². The van der Waals surface area contributed by atoms with Gasteiger partial charge in [0, 0.05) is 6.20 Å². The van der Waals surface area contributed by atoms with Crippen molar-refractivity contribution in [2.75, 3.05) is 6.61 Å². The van der Waals surface area contributed by atoms with E-state index >= 15 is 0 Å². The fourth-order valence-electron chi connectivity index (χ4n) is 1.18. The molecule has 0 spiro atoms. The van der Waals surface area contributed by atoms with Gasteiger partial charge in [0.05, 0.1) is 12.2 Å². The second-order valence-electron chi connectivity index (χ2n) is 3.45. The van der Waals surface area contributed by atoms with Crippen molar-refractivity contribution in [3.63, 3.8) is 0 Å². The summed E-state index contributed by atoms with van der Waals surface area (Å²) in [4.78, 5) is 14.5. The molecule has 0 unspecified atom stereocenters. The lowest BCUT2D eigenvalue weighted by Gasteiger charge is -2.14. The highest BCUT2D eigenvalue weighted by Crippen LogP contribution is 2.34. The van der Waals surface area contributed by atoms with E-state index in [1.165, 1.54) is 11.8 Å². The molecule has 21 heavy (non-hydrogen) atoms. The van der Waals surface area contributed by atoms with E-state index in [1.54, 1.807) is 5.43 Å². The molecule has 1 aromatic rings. The van der Waals surface area contributed by atoms with Crippen LogP contribution in [0.2, 0.25) is 5.15 Å². The predicted octanol–water partition coefficient (Wildman–Crippen LogP) is 1.69. The molecule has 0 saturated carbocycles. The van der Waals surface area contributed by atoms with Crippen LogP contribution in [0.3, 0.4) is 0 Å². The molecule has 12 heteroatoms. The molecule has 1 amide bonds. The molecule has 1 aromatic heterocycles. The maximum Gasteiger partial charge on any atom is 0.422 e. The van der Waals surface area contributed by atoms with Crippen LogP contribution in [0, 0.1) is 0 Å². The van der Waals surface area contributed by atoms with Crippen molar-refractivity contribution >= 4 is 27.7 Å². The van der Waals surface area contributed by atoms with Crippen LogP contribution >= 0.6 is 11.6 Å². The van der Waals surface area contributed by atoms with Gasteiger partial charge in [-0.1, -0.05) is 11.6 Å². The normalized spacial score (nSPS) is 12.0. The predicted molar refractivity (Wildman–Crippen MR) is 64.7 cm³/mol. The molecule has 1 heterocycles. The van der Waals surface area contributed by atoms with Gasteiger partial charge in [0.2, 0.25) is 0 Å². The summed E-state index contributed by atoms with van der Waals surface area (Å²) < 4.78 is 66.2. The zero-order valence-corrected chi connectivity index (χ0v) is 11.9. The number of aromatic nitrogens is 1. The van der Waals surface area contributed by atoms with E-state index in [9.17, 15) is 26.4 Å². The number of hydrogen-bond donors (Lipinski definition) is 2. The number of rotatable bonds is 4. The van der Waals surface area contributed by atoms with Gasteiger partial charge in [0.15, 0.2) is 0 Å². The van der Waals surface area contributed by atoms with Gasteiger partial charge in [0.25, 0.3) is 10.0 Å². The first-order valence-electron chi connectivity index (χ1n) is 5.25. The second kappa shape index (κ2) is 6.45. The molecule has 0 bridgehead atoms. The Morgan fingerprint density at radius 3 is 2.62 bits per heavy atom. The molecule has 0 atom stereocenters. The Labute approximate surface area is 122 Å². The topological polar surface area (TPSA) is 97.4 Å². The number of alkyl halides is 3. The molecular formula is C9H9ClF3N3O4S. The summed E-state index contributed by atoms with van der Waals surface area (Å²) in [6.45, 7) is 1.41. The smallest absolute Gasteiger partial charge is 0.422 e. The Kier molecular flexibility index (Phi) is 5.36. The summed E-state index contributed by atoms with van der Waals surface area (Å²) in [5.74, 6) is 0. The van der Waals surface area contributed by atoms with Gasteiger partial charge in [-0.3, -0.25) is 0 Å². The number of ether oxygens (including phenoxy) is 1. The zero-order valence-electron chi connectivity index (χ0n) is 10.4. The minimum atomic E-state index is -4.97. The number of amides is 1. The molecule has 2 N–H and O–H groups in total. The van der Waals surface area contributed by atoms with E-state index in [2.05, 4.69) is 9.72 Å². The van der Waals surface area contributed by atoms with E-state index in [0.29, 0.717) is 12.3 Å². The van der Waals surface area contributed by atoms with Crippen molar-refractivity contribution in [3.8, 4) is 0 Å². The fraction of sp³-hybridized carbons (Fsp3) is 0.333. The molecule has 0 aliphatic heterocycles. The minimum absolute atomic E-state index is 0.0517. The monoisotopic (exact) mass is 347 g/mol. The summed E-state index contributed by atoms with van der Waals surface area (Å²) in [7, 11) is -4.71. The Bertz CT molecular complexity index is 636. The average molecular weight is 348 g/mol. The maximum atomic E-state index is 12.8. The maximum absolute atomic E-state index is 12.8. The molecular weight excluding hydrogens is 339 g/mol. The first-order chi connectivity index (χ1) is 9.58. The Morgan fingerprint density at radius 2 is 2.10 bits per heavy atom. The highest BCUT2D eigenvalue weighted by atomic mass is 35.5. The number of nitrogens with zero attached hydrogens (tertiary/aromatic N) is 1. The molecule has 0 aliphatic carbocycles. The van der Waals surface area contributed by atoms with Gasteiger partial charge in [-0.2, -0.15) is 13.2 Å². The van der Waals surface area contributed by atoms with Gasteiger partial charge in [-0.25, -0.2) is 23.6 Å². The molecule has 7 nitrogen and oxygen atoms in total. The van der Waals surface area contributed by atoms with Crippen LogP contribution in [0.1, 0.15) is 12.5 Å². The van der Waals surface area contributed by atoms with E-state index in [4.69, 9.17) is 11.6 Å². The van der Waals surface area contributed by atoms with Crippen LogP contribution in [0.25, 0.3) is 0 Å². The molecule has 0 aliphatic rings. The van der Waals surface area contributed by atoms with Gasteiger partial charge in [-0.15, -0.1) is 4.83 Å². The molecule has 0 fully saturated rings. The summed E-state index contributed by atoms with van der Waals surface area (Å²) >= 11 is 5.33. The summed E-state index contributed by atoms with van der Waals surface area (Å²) in [6, 6.07) is 0.362. The van der Waals surface area contributed by atoms with Crippen LogP contribution in [0.15, 0.2) is 17.2 Å². The van der Waals surface area contributed by atoms with Crippen LogP contribution < -0.4 is 10.3 Å². The number of halogens is 4. The van der Waals surface area contributed by atoms with E-state index < -0.39 is 37.9 Å². The minimum Gasteiger partial charge on any atom is -0.449 e. The number of sulfonamides is 1. The lowest BCUT2D eigenvalue weighted by atomic mass is 10.2. The molecule has 0 aromatic carbocycles. The molecule has 0 saturated heterocycles. The number of nitrogens with one attached hydrogen (secondary N) is 2. The van der Waals surface area contributed by atoms with E-state index in [-0.39, 0.29) is 6.61 Å². The first-order valence-corrected chi connectivity index (χ1v) is 7.11. The molecule has 1 rings (SSSR count). The third-order valence-corrected chi connectivity index (χ3v) is 3.47. The van der Waals surface area contributed by atoms with Gasteiger partial charge < -0.3 is 4.74 Å². The van der Waals surface area contributed by atoms with Crippen molar-refractivity contribution in [2.45, 2.75) is 18.0 Å². The van der Waals surface area contributed by atoms with Crippen LogP contribution in [0.4, 0.5) is 18.0 Å². The van der Waals surface area contributed by atoms with Crippen LogP contribution in [0.5, 0.6) is 0 Å². The standard InChI is InChI=1S/C9H9ClF3N3O4S/c1-2-20-8(17)15-16-21(18,19)6-4-14-7(10)3-5(6)9(11,12)13/h3-4,16H,2H2,1H3,(H,15,17). The Hall–Kier alpha value is -1.59. The Balaban J connectivity index is 3.12. The Morgan fingerprint density at radius 1 is 1.48 bits per heavy atom. The third-order valence-electron chi connectivity index (χ3n) is 1.99. The van der Waals surface area contributed by atoms with Gasteiger partial charge >= 0.3 is 12.3 Å². The highest BCUT2D eigenvalue weighted by molar-refractivity contribution is 7.89.